The molecule has 2 rings (SSSR count). The van der Waals surface area contributed by atoms with Gasteiger partial charge in [-0.25, -0.2) is 0 Å². The van der Waals surface area contributed by atoms with E-state index in [1.54, 1.807) is 49.7 Å². The van der Waals surface area contributed by atoms with Crippen LogP contribution in [0.2, 0.25) is 0 Å². The molecule has 0 saturated heterocycles. The molecule has 0 aliphatic carbocycles. The second kappa shape index (κ2) is 6.72. The molecule has 2 aromatic rings. The van der Waals surface area contributed by atoms with Gasteiger partial charge in [-0.15, -0.1) is 0 Å². The number of carbonyl (C=O) groups is 1. The van der Waals surface area contributed by atoms with Gasteiger partial charge in [0.25, 0.3) is 5.91 Å². The highest BCUT2D eigenvalue weighted by atomic mass is 79.9. The third kappa shape index (κ3) is 3.42. The van der Waals surface area contributed by atoms with E-state index in [0.717, 1.165) is 10.0 Å². The number of hydrogen-bond donors (Lipinski definition) is 0. The van der Waals surface area contributed by atoms with Crippen molar-refractivity contribution in [3.05, 3.63) is 58.3 Å². The molecule has 1 heterocycles. The van der Waals surface area contributed by atoms with Crippen molar-refractivity contribution >= 4 is 21.8 Å². The predicted octanol–water partition coefficient (Wildman–Crippen LogP) is 3.69. The highest BCUT2D eigenvalue weighted by Gasteiger charge is 2.21. The Hall–Kier alpha value is -1.88. The summed E-state index contributed by atoms with van der Waals surface area (Å²) in [6, 6.07) is 9.10. The van der Waals surface area contributed by atoms with Crippen LogP contribution in [0.5, 0.6) is 5.75 Å². The van der Waals surface area contributed by atoms with Crippen molar-refractivity contribution in [2.75, 3.05) is 14.2 Å². The standard InChI is InChI=1S/C16H17BrN2O2/c1-11(12-5-4-8-18-10-12)19(2)16(20)14-7-6-13(21-3)9-15(14)17/h4-11H,1-3H3/t11-/m1/s1. The number of ether oxygens (including phenoxy) is 1. The maximum atomic E-state index is 12.6. The Morgan fingerprint density at radius 3 is 2.71 bits per heavy atom. The molecule has 0 spiro atoms. The summed E-state index contributed by atoms with van der Waals surface area (Å²) in [6.07, 6.45) is 3.50. The van der Waals surface area contributed by atoms with E-state index in [1.807, 2.05) is 19.1 Å². The number of hydrogen-bond acceptors (Lipinski definition) is 3. The monoisotopic (exact) mass is 348 g/mol. The van der Waals surface area contributed by atoms with Gasteiger partial charge >= 0.3 is 0 Å². The van der Waals surface area contributed by atoms with Gasteiger partial charge in [-0.2, -0.15) is 0 Å². The zero-order valence-corrected chi connectivity index (χ0v) is 13.8. The van der Waals surface area contributed by atoms with Crippen LogP contribution < -0.4 is 4.74 Å². The molecule has 1 aromatic carbocycles. The van der Waals surface area contributed by atoms with Crippen molar-refractivity contribution in [3.8, 4) is 5.75 Å². The molecule has 4 nitrogen and oxygen atoms in total. The summed E-state index contributed by atoms with van der Waals surface area (Å²) in [5, 5.41) is 0. The zero-order valence-electron chi connectivity index (χ0n) is 12.2. The molecule has 1 aromatic heterocycles. The van der Waals surface area contributed by atoms with Crippen LogP contribution in [0.1, 0.15) is 28.9 Å². The Morgan fingerprint density at radius 2 is 2.14 bits per heavy atom. The number of pyridine rings is 1. The second-order valence-corrected chi connectivity index (χ2v) is 5.58. The van der Waals surface area contributed by atoms with E-state index in [-0.39, 0.29) is 11.9 Å². The highest BCUT2D eigenvalue weighted by Crippen LogP contribution is 2.26. The van der Waals surface area contributed by atoms with E-state index < -0.39 is 0 Å². The van der Waals surface area contributed by atoms with Crippen LogP contribution in [0.25, 0.3) is 0 Å². The van der Waals surface area contributed by atoms with Crippen molar-refractivity contribution in [3.63, 3.8) is 0 Å². The topological polar surface area (TPSA) is 42.4 Å². The molecule has 21 heavy (non-hydrogen) atoms. The summed E-state index contributed by atoms with van der Waals surface area (Å²) in [7, 11) is 3.39. The third-order valence-corrected chi connectivity index (χ3v) is 4.13. The molecule has 0 saturated carbocycles. The number of methoxy groups -OCH3 is 1. The first-order valence-corrected chi connectivity index (χ1v) is 7.34. The Labute approximate surface area is 132 Å². The SMILES string of the molecule is COc1ccc(C(=O)N(C)[C@H](C)c2cccnc2)c(Br)c1. The predicted molar refractivity (Wildman–Crippen MR) is 85.4 cm³/mol. The first-order chi connectivity index (χ1) is 10.0. The summed E-state index contributed by atoms with van der Waals surface area (Å²) < 4.78 is 5.86. The summed E-state index contributed by atoms with van der Waals surface area (Å²) in [5.41, 5.74) is 1.60. The molecule has 0 aliphatic rings. The van der Waals surface area contributed by atoms with E-state index >= 15 is 0 Å². The first-order valence-electron chi connectivity index (χ1n) is 6.55. The molecule has 1 atom stereocenters. The quantitative estimate of drug-likeness (QED) is 0.846. The minimum absolute atomic E-state index is 0.0547. The van der Waals surface area contributed by atoms with Crippen LogP contribution in [-0.2, 0) is 0 Å². The van der Waals surface area contributed by atoms with Crippen molar-refractivity contribution in [1.82, 2.24) is 9.88 Å². The molecule has 5 heteroatoms. The van der Waals surface area contributed by atoms with Gasteiger partial charge in [0.05, 0.1) is 18.7 Å². The zero-order chi connectivity index (χ0) is 15.4. The maximum Gasteiger partial charge on any atom is 0.255 e. The third-order valence-electron chi connectivity index (χ3n) is 3.47. The number of rotatable bonds is 4. The van der Waals surface area contributed by atoms with Crippen molar-refractivity contribution in [1.29, 1.82) is 0 Å². The van der Waals surface area contributed by atoms with E-state index in [2.05, 4.69) is 20.9 Å². The number of halogens is 1. The normalized spacial score (nSPS) is 11.8. The number of aromatic nitrogens is 1. The Bertz CT molecular complexity index is 631. The summed E-state index contributed by atoms with van der Waals surface area (Å²) in [6.45, 7) is 1.98. The lowest BCUT2D eigenvalue weighted by molar-refractivity contribution is 0.0741. The maximum absolute atomic E-state index is 12.6. The largest absolute Gasteiger partial charge is 0.497 e. The lowest BCUT2D eigenvalue weighted by Gasteiger charge is -2.25. The molecule has 110 valence electrons. The van der Waals surface area contributed by atoms with E-state index in [4.69, 9.17) is 4.74 Å². The van der Waals surface area contributed by atoms with E-state index in [1.165, 1.54) is 0 Å². The van der Waals surface area contributed by atoms with Gasteiger partial charge in [-0.1, -0.05) is 6.07 Å². The van der Waals surface area contributed by atoms with Gasteiger partial charge in [0.1, 0.15) is 5.75 Å². The summed E-state index contributed by atoms with van der Waals surface area (Å²) >= 11 is 3.42. The average molecular weight is 349 g/mol. The fourth-order valence-electron chi connectivity index (χ4n) is 2.01. The first kappa shape index (κ1) is 15.5. The number of nitrogens with zero attached hydrogens (tertiary/aromatic N) is 2. The fraction of sp³-hybridized carbons (Fsp3) is 0.250. The van der Waals surface area contributed by atoms with Crippen LogP contribution in [0.15, 0.2) is 47.2 Å². The number of benzene rings is 1. The smallest absolute Gasteiger partial charge is 0.255 e. The minimum atomic E-state index is -0.0554. The number of carbonyl (C=O) groups excluding carboxylic acids is 1. The van der Waals surface area contributed by atoms with Crippen LogP contribution in [0.3, 0.4) is 0 Å². The Morgan fingerprint density at radius 1 is 1.38 bits per heavy atom. The van der Waals surface area contributed by atoms with Crippen molar-refractivity contribution in [2.24, 2.45) is 0 Å². The van der Waals surface area contributed by atoms with Gasteiger partial charge in [0.2, 0.25) is 0 Å². The molecule has 0 bridgehead atoms. The molecule has 0 N–H and O–H groups in total. The van der Waals surface area contributed by atoms with Gasteiger partial charge in [-0.05, 0) is 52.7 Å². The van der Waals surface area contributed by atoms with Gasteiger partial charge in [-0.3, -0.25) is 9.78 Å². The van der Waals surface area contributed by atoms with Crippen LogP contribution in [0.4, 0.5) is 0 Å². The van der Waals surface area contributed by atoms with E-state index in [9.17, 15) is 4.79 Å². The summed E-state index contributed by atoms with van der Waals surface area (Å²) in [4.78, 5) is 18.4. The fourth-order valence-corrected chi connectivity index (χ4v) is 2.54. The van der Waals surface area contributed by atoms with Crippen molar-refractivity contribution < 1.29 is 9.53 Å². The second-order valence-electron chi connectivity index (χ2n) is 4.72. The van der Waals surface area contributed by atoms with Crippen molar-refractivity contribution in [2.45, 2.75) is 13.0 Å². The van der Waals surface area contributed by atoms with Crippen LogP contribution >= 0.6 is 15.9 Å². The van der Waals surface area contributed by atoms with Crippen LogP contribution in [-0.4, -0.2) is 29.9 Å². The molecular formula is C16H17BrN2O2. The molecular weight excluding hydrogens is 332 g/mol. The number of amides is 1. The molecule has 0 aliphatic heterocycles. The van der Waals surface area contributed by atoms with Gasteiger partial charge in [0, 0.05) is 23.9 Å². The lowest BCUT2D eigenvalue weighted by Crippen LogP contribution is -2.30. The molecule has 0 unspecified atom stereocenters. The van der Waals surface area contributed by atoms with Gasteiger partial charge < -0.3 is 9.64 Å². The molecule has 0 radical (unpaired) electrons. The lowest BCUT2D eigenvalue weighted by atomic mass is 10.1. The van der Waals surface area contributed by atoms with Crippen LogP contribution in [0, 0.1) is 0 Å². The van der Waals surface area contributed by atoms with E-state index in [0.29, 0.717) is 11.3 Å². The Kier molecular flexibility index (Phi) is 4.96. The Balaban J connectivity index is 2.23. The molecule has 1 amide bonds. The molecule has 0 fully saturated rings. The summed E-state index contributed by atoms with van der Waals surface area (Å²) in [5.74, 6) is 0.655. The highest BCUT2D eigenvalue weighted by molar-refractivity contribution is 9.10. The minimum Gasteiger partial charge on any atom is -0.497 e. The average Bonchev–Trinajstić information content (AvgIpc) is 2.53. The van der Waals surface area contributed by atoms with Gasteiger partial charge in [0.15, 0.2) is 0 Å².